The monoisotopic (exact) mass is 784 g/mol. The number of piperazine rings is 1. The van der Waals surface area contributed by atoms with Gasteiger partial charge in [0.1, 0.15) is 5.75 Å². The Hall–Kier alpha value is -4.42. The summed E-state index contributed by atoms with van der Waals surface area (Å²) >= 11 is 0. The maximum atomic E-state index is 14.6. The van der Waals surface area contributed by atoms with Crippen molar-refractivity contribution in [2.75, 3.05) is 46.1 Å². The van der Waals surface area contributed by atoms with Crippen LogP contribution in [0, 0.1) is 11.8 Å². The van der Waals surface area contributed by atoms with Gasteiger partial charge in [0.2, 0.25) is 10.0 Å². The molecule has 1 aliphatic carbocycles. The molecule has 0 spiro atoms. The average Bonchev–Trinajstić information content (AvgIpc) is 3.55. The van der Waals surface area contributed by atoms with Crippen molar-refractivity contribution in [3.8, 4) is 5.75 Å². The number of nitrogens with one attached hydrogen (secondary N) is 1. The van der Waals surface area contributed by atoms with E-state index in [0.29, 0.717) is 37.5 Å². The number of carbonyl (C=O) groups is 2. The molecule has 1 saturated carbocycles. The highest BCUT2D eigenvalue weighted by Crippen LogP contribution is 2.44. The lowest BCUT2D eigenvalue weighted by molar-refractivity contribution is -0.115. The molecule has 2 aromatic rings. The summed E-state index contributed by atoms with van der Waals surface area (Å²) in [6, 6.07) is 6.50. The largest absolute Gasteiger partial charge is 0.497 e. The number of fused-ring (bicyclic) bond motifs is 3. The van der Waals surface area contributed by atoms with Crippen LogP contribution >= 0.6 is 0 Å². The molecule has 0 unspecified atom stereocenters. The minimum Gasteiger partial charge on any atom is -0.497 e. The third-order valence-corrected chi connectivity index (χ3v) is 13.3. The summed E-state index contributed by atoms with van der Waals surface area (Å²) in [5.41, 5.74) is 7.34. The van der Waals surface area contributed by atoms with Gasteiger partial charge in [-0.2, -0.15) is 5.10 Å². The predicted molar refractivity (Wildman–Crippen MR) is 224 cm³/mol. The lowest BCUT2D eigenvalue weighted by atomic mass is 9.78. The highest BCUT2D eigenvalue weighted by atomic mass is 32.2. The van der Waals surface area contributed by atoms with Gasteiger partial charge in [0.25, 0.3) is 11.8 Å². The van der Waals surface area contributed by atoms with Gasteiger partial charge in [-0.3, -0.25) is 19.2 Å². The Labute approximate surface area is 333 Å². The van der Waals surface area contributed by atoms with Gasteiger partial charge in [-0.05, 0) is 112 Å². The minimum atomic E-state index is -3.85. The number of likely N-dealkylation sites (N-methyl/N-ethyl adjacent to an activating group) is 1. The second-order valence-corrected chi connectivity index (χ2v) is 18.5. The van der Waals surface area contributed by atoms with Gasteiger partial charge in [0.15, 0.2) is 0 Å². The van der Waals surface area contributed by atoms with E-state index in [9.17, 15) is 18.0 Å². The van der Waals surface area contributed by atoms with Crippen molar-refractivity contribution in [3.63, 3.8) is 0 Å². The molecule has 4 heterocycles. The van der Waals surface area contributed by atoms with E-state index >= 15 is 0 Å². The van der Waals surface area contributed by atoms with Crippen molar-refractivity contribution >= 4 is 39.2 Å². The summed E-state index contributed by atoms with van der Waals surface area (Å²) in [6.07, 6.45) is 14.7. The second-order valence-electron chi connectivity index (χ2n) is 16.7. The van der Waals surface area contributed by atoms with Crippen molar-refractivity contribution in [2.24, 2.45) is 11.8 Å². The van der Waals surface area contributed by atoms with E-state index in [1.54, 1.807) is 39.3 Å². The van der Waals surface area contributed by atoms with Gasteiger partial charge in [-0.25, -0.2) is 13.1 Å². The summed E-state index contributed by atoms with van der Waals surface area (Å²) in [7, 11) is -0.0785. The molecule has 12 heteroatoms. The van der Waals surface area contributed by atoms with Crippen LogP contribution in [-0.4, -0.2) is 103 Å². The molecule has 6 rings (SSSR count). The molecule has 302 valence electrons. The highest BCUT2D eigenvalue weighted by Gasteiger charge is 2.35. The van der Waals surface area contributed by atoms with Crippen LogP contribution in [0.5, 0.6) is 5.75 Å². The maximum Gasteiger partial charge on any atom is 0.264 e. The summed E-state index contributed by atoms with van der Waals surface area (Å²) in [4.78, 5) is 34.9. The molecule has 3 aliphatic heterocycles. The fourth-order valence-corrected chi connectivity index (χ4v) is 10.0. The first-order valence-electron chi connectivity index (χ1n) is 20.2. The maximum absolute atomic E-state index is 14.6. The molecule has 4 aliphatic rings. The van der Waals surface area contributed by atoms with Crippen molar-refractivity contribution in [3.05, 3.63) is 88.3 Å². The Morgan fingerprint density at radius 2 is 1.73 bits per heavy atom. The molecule has 2 amide bonds. The molecule has 1 saturated heterocycles. The zero-order valence-corrected chi connectivity index (χ0v) is 35.3. The van der Waals surface area contributed by atoms with Gasteiger partial charge in [0, 0.05) is 61.1 Å². The van der Waals surface area contributed by atoms with E-state index in [1.165, 1.54) is 6.42 Å². The number of nitrogens with zero attached hydrogens (tertiary/aromatic N) is 5. The lowest BCUT2D eigenvalue weighted by Crippen LogP contribution is -2.56. The van der Waals surface area contributed by atoms with Crippen molar-refractivity contribution in [1.29, 1.82) is 0 Å². The number of ether oxygens (including phenoxy) is 1. The molecule has 2 atom stereocenters. The van der Waals surface area contributed by atoms with Gasteiger partial charge in [-0.1, -0.05) is 51.8 Å². The van der Waals surface area contributed by atoms with Crippen LogP contribution in [0.15, 0.2) is 65.9 Å². The van der Waals surface area contributed by atoms with Gasteiger partial charge >= 0.3 is 0 Å². The van der Waals surface area contributed by atoms with E-state index in [2.05, 4.69) is 68.0 Å². The first kappa shape index (κ1) is 41.2. The molecule has 2 fully saturated rings. The Kier molecular flexibility index (Phi) is 12.5. The van der Waals surface area contributed by atoms with Crippen molar-refractivity contribution < 1.29 is 22.7 Å². The Balaban J connectivity index is 1.54. The van der Waals surface area contributed by atoms with Crippen LogP contribution < -0.4 is 9.46 Å². The van der Waals surface area contributed by atoms with E-state index in [-0.39, 0.29) is 47.2 Å². The number of sulfonamides is 1. The van der Waals surface area contributed by atoms with Crippen molar-refractivity contribution in [1.82, 2.24) is 29.2 Å². The summed E-state index contributed by atoms with van der Waals surface area (Å²) < 4.78 is 35.9. The average molecular weight is 785 g/mol. The Morgan fingerprint density at radius 3 is 2.38 bits per heavy atom. The van der Waals surface area contributed by atoms with Gasteiger partial charge in [0.05, 0.1) is 30.3 Å². The van der Waals surface area contributed by atoms with E-state index in [1.807, 2.05) is 27.8 Å². The Bertz CT molecular complexity index is 2070. The molecule has 0 bridgehead atoms. The highest BCUT2D eigenvalue weighted by molar-refractivity contribution is 7.90. The number of hydrogen-bond acceptors (Lipinski definition) is 8. The number of aromatic nitrogens is 2. The molecular weight excluding hydrogens is 725 g/mol. The molecule has 11 nitrogen and oxygen atoms in total. The van der Waals surface area contributed by atoms with Crippen LogP contribution in [-0.2, 0) is 14.8 Å². The SMILES string of the molecule is C=C1/C=C\C(C(=O)NS(=O)(=O)CC(C)C)=C/CN2CC(c3c(C(=O)N4C[C@@H](C)N(C)[C@@H](C)C4)cnn3C(C)C)=Cc3cc(OC)ccc3C2=C1C1CCCCC1. The number of allylic oxidation sites excluding steroid dienone is 3. The lowest BCUT2D eigenvalue weighted by Gasteiger charge is -2.42. The first-order chi connectivity index (χ1) is 26.6. The quantitative estimate of drug-likeness (QED) is 0.291. The second kappa shape index (κ2) is 17.0. The van der Waals surface area contributed by atoms with E-state index in [4.69, 9.17) is 9.84 Å². The third-order valence-electron chi connectivity index (χ3n) is 11.7. The summed E-state index contributed by atoms with van der Waals surface area (Å²) in [6.45, 7) is 18.6. The van der Waals surface area contributed by atoms with Crippen LogP contribution in [0.3, 0.4) is 0 Å². The molecule has 1 aromatic heterocycles. The topological polar surface area (TPSA) is 117 Å². The van der Waals surface area contributed by atoms with Gasteiger partial charge < -0.3 is 14.5 Å². The summed E-state index contributed by atoms with van der Waals surface area (Å²) in [5.74, 6) is -0.0700. The standard InChI is InChI=1S/C44H60N6O5S/c1-28(2)27-56(53,54)46-43(51)34-16-15-30(5)40(33-13-11-10-12-14-33)42-38-18-17-37(55-9)22-35(38)21-36(26-48(42)20-19-34)41-39(23-45-50(41)29(3)4)44(52)49-24-31(6)47(8)32(7)25-49/h15-19,21-23,28-29,31-33H,5,10-14,20,24-27H2,1-4,6-9H3,(H,46,51)/b16-15-,34-19+,42-40?/t31-,32+. The van der Waals surface area contributed by atoms with Crippen LogP contribution in [0.25, 0.3) is 17.3 Å². The van der Waals surface area contributed by atoms with E-state index in [0.717, 1.165) is 64.9 Å². The van der Waals surface area contributed by atoms with E-state index < -0.39 is 15.9 Å². The molecular formula is C44H60N6O5S. The molecule has 56 heavy (non-hydrogen) atoms. The molecule has 1 N–H and O–H groups in total. The van der Waals surface area contributed by atoms with Crippen LogP contribution in [0.2, 0.25) is 0 Å². The number of benzene rings is 1. The smallest absolute Gasteiger partial charge is 0.264 e. The normalized spacial score (nSPS) is 23.0. The fourth-order valence-electron chi connectivity index (χ4n) is 8.68. The zero-order valence-electron chi connectivity index (χ0n) is 34.5. The number of hydrogen-bond donors (Lipinski definition) is 1. The molecule has 0 radical (unpaired) electrons. The van der Waals surface area contributed by atoms with Gasteiger partial charge in [-0.15, -0.1) is 0 Å². The van der Waals surface area contributed by atoms with Crippen molar-refractivity contribution in [2.45, 2.75) is 91.8 Å². The van der Waals surface area contributed by atoms with Crippen LogP contribution in [0.1, 0.15) is 107 Å². The molecule has 1 aromatic carbocycles. The number of rotatable bonds is 9. The zero-order chi connectivity index (χ0) is 40.5. The summed E-state index contributed by atoms with van der Waals surface area (Å²) in [5, 5.41) is 4.84. The number of carbonyl (C=O) groups excluding carboxylic acids is 2. The predicted octanol–water partition coefficient (Wildman–Crippen LogP) is 6.94. The number of amides is 2. The minimum absolute atomic E-state index is 0.0406. The third kappa shape index (κ3) is 8.76. The Morgan fingerprint density at radius 1 is 1.04 bits per heavy atom. The van der Waals surface area contributed by atoms with Crippen LogP contribution in [0.4, 0.5) is 0 Å². The fraction of sp³-hybridized carbons (Fsp3) is 0.523. The number of methoxy groups -OCH3 is 1. The first-order valence-corrected chi connectivity index (χ1v) is 21.8.